The first-order chi connectivity index (χ1) is 15.9. The summed E-state index contributed by atoms with van der Waals surface area (Å²) in [6, 6.07) is 10.9. The molecule has 1 aliphatic heterocycles. The Morgan fingerprint density at radius 3 is 2.70 bits per heavy atom. The van der Waals surface area contributed by atoms with Gasteiger partial charge in [0.05, 0.1) is 41.7 Å². The van der Waals surface area contributed by atoms with E-state index < -0.39 is 6.10 Å². The van der Waals surface area contributed by atoms with Crippen molar-refractivity contribution in [3.63, 3.8) is 0 Å². The van der Waals surface area contributed by atoms with E-state index in [-0.39, 0.29) is 11.6 Å². The van der Waals surface area contributed by atoms with Gasteiger partial charge < -0.3 is 20.6 Å². The number of aryl methyl sites for hydroxylation is 1. The first-order valence-electron chi connectivity index (χ1n) is 10.7. The van der Waals surface area contributed by atoms with Gasteiger partial charge in [0.25, 0.3) is 5.91 Å². The number of rotatable bonds is 7. The molecule has 3 N–H and O–H groups in total. The Labute approximate surface area is 192 Å². The zero-order valence-corrected chi connectivity index (χ0v) is 19.2. The second kappa shape index (κ2) is 9.47. The predicted octanol–water partition coefficient (Wildman–Crippen LogP) is 2.34. The van der Waals surface area contributed by atoms with Gasteiger partial charge in [-0.3, -0.25) is 19.4 Å². The van der Waals surface area contributed by atoms with Crippen molar-refractivity contribution >= 4 is 28.7 Å². The number of benzene rings is 1. The molecule has 2 aromatic heterocycles. The largest absolute Gasteiger partial charge is 0.391 e. The van der Waals surface area contributed by atoms with Crippen LogP contribution in [0.3, 0.4) is 0 Å². The van der Waals surface area contributed by atoms with E-state index >= 15 is 0 Å². The summed E-state index contributed by atoms with van der Waals surface area (Å²) >= 11 is 0. The molecule has 1 amide bonds. The van der Waals surface area contributed by atoms with E-state index in [0.717, 1.165) is 17.1 Å². The zero-order chi connectivity index (χ0) is 23.5. The quantitative estimate of drug-likeness (QED) is 0.470. The molecule has 0 saturated carbocycles. The highest BCUT2D eigenvalue weighted by Crippen LogP contribution is 2.38. The molecule has 0 unspecified atom stereocenters. The van der Waals surface area contributed by atoms with Crippen molar-refractivity contribution in [2.45, 2.75) is 12.5 Å². The minimum absolute atomic E-state index is 0.282. The van der Waals surface area contributed by atoms with Crippen molar-refractivity contribution in [1.29, 1.82) is 0 Å². The lowest BCUT2D eigenvalue weighted by Crippen LogP contribution is -2.25. The van der Waals surface area contributed by atoms with Gasteiger partial charge in [0.2, 0.25) is 0 Å². The van der Waals surface area contributed by atoms with Gasteiger partial charge in [-0.1, -0.05) is 6.07 Å². The molecule has 33 heavy (non-hydrogen) atoms. The lowest BCUT2D eigenvalue weighted by molar-refractivity contribution is 0.102. The van der Waals surface area contributed by atoms with E-state index in [1.807, 2.05) is 44.6 Å². The van der Waals surface area contributed by atoms with E-state index in [0.29, 0.717) is 36.6 Å². The Morgan fingerprint density at radius 2 is 2.06 bits per heavy atom. The first kappa shape index (κ1) is 22.6. The summed E-state index contributed by atoms with van der Waals surface area (Å²) in [6.07, 6.45) is 2.11. The van der Waals surface area contributed by atoms with Crippen molar-refractivity contribution in [3.05, 3.63) is 48.3 Å². The molecule has 1 aliphatic rings. The molecule has 1 aromatic carbocycles. The van der Waals surface area contributed by atoms with Crippen LogP contribution in [0.15, 0.2) is 42.6 Å². The van der Waals surface area contributed by atoms with Crippen molar-refractivity contribution in [2.24, 2.45) is 7.05 Å². The van der Waals surface area contributed by atoms with Crippen LogP contribution in [0.1, 0.15) is 16.9 Å². The van der Waals surface area contributed by atoms with Gasteiger partial charge in [0.15, 0.2) is 0 Å². The fourth-order valence-electron chi connectivity index (χ4n) is 3.90. The normalized spacial score (nSPS) is 15.5. The summed E-state index contributed by atoms with van der Waals surface area (Å²) < 4.78 is 1.69. The Morgan fingerprint density at radius 1 is 1.24 bits per heavy atom. The Kier molecular flexibility index (Phi) is 6.47. The number of nitrogens with one attached hydrogen (secondary N) is 2. The Hall–Kier alpha value is -3.63. The number of hydrogen-bond acceptors (Lipinski definition) is 8. The average Bonchev–Trinajstić information content (AvgIpc) is 3.46. The van der Waals surface area contributed by atoms with E-state index in [1.165, 1.54) is 0 Å². The summed E-state index contributed by atoms with van der Waals surface area (Å²) in [4.78, 5) is 25.2. The highest BCUT2D eigenvalue weighted by atomic mass is 16.7. The minimum atomic E-state index is -0.398. The fraction of sp³-hybridized carbons (Fsp3) is 0.348. The molecule has 3 heterocycles. The van der Waals surface area contributed by atoms with Gasteiger partial charge in [0.1, 0.15) is 11.4 Å². The fourth-order valence-corrected chi connectivity index (χ4v) is 3.90. The van der Waals surface area contributed by atoms with Crippen LogP contribution in [-0.2, 0) is 11.9 Å². The lowest BCUT2D eigenvalue weighted by atomic mass is 10.1. The van der Waals surface area contributed by atoms with Crippen LogP contribution in [0.4, 0.5) is 22.7 Å². The molecular formula is C23H29N7O3. The number of nitrogens with zero attached hydrogens (tertiary/aromatic N) is 5. The molecule has 0 spiro atoms. The molecule has 0 aliphatic carbocycles. The number of hydroxylamine groups is 1. The lowest BCUT2D eigenvalue weighted by Gasteiger charge is -2.27. The summed E-state index contributed by atoms with van der Waals surface area (Å²) in [7, 11) is 7.03. The van der Waals surface area contributed by atoms with E-state index in [9.17, 15) is 9.90 Å². The van der Waals surface area contributed by atoms with Crippen LogP contribution >= 0.6 is 0 Å². The zero-order valence-electron chi connectivity index (χ0n) is 19.2. The maximum absolute atomic E-state index is 13.2. The molecule has 1 atom stereocenters. The van der Waals surface area contributed by atoms with Crippen LogP contribution in [0.2, 0.25) is 0 Å². The SMILES string of the molecule is CNc1cc(N2CC[C@@H](O)C2)c(NC(=O)c2cccc(-c3ccn(C)n3)n2)cc1N(C)OC. The average molecular weight is 452 g/mol. The van der Waals surface area contributed by atoms with Crippen LogP contribution < -0.4 is 20.6 Å². The third-order valence-electron chi connectivity index (χ3n) is 5.71. The van der Waals surface area contributed by atoms with Crippen LogP contribution in [-0.4, -0.2) is 66.2 Å². The molecule has 0 radical (unpaired) electrons. The van der Waals surface area contributed by atoms with Crippen LogP contribution in [0.5, 0.6) is 0 Å². The number of β-amino-alcohol motifs (C(OH)–C–C–N with tert-alkyl or cyclic N) is 1. The third-order valence-corrected chi connectivity index (χ3v) is 5.71. The van der Waals surface area contributed by atoms with Crippen molar-refractivity contribution < 1.29 is 14.7 Å². The van der Waals surface area contributed by atoms with E-state index in [4.69, 9.17) is 4.84 Å². The molecule has 0 bridgehead atoms. The van der Waals surface area contributed by atoms with Gasteiger partial charge in [-0.25, -0.2) is 4.98 Å². The van der Waals surface area contributed by atoms with E-state index in [2.05, 4.69) is 25.6 Å². The molecule has 1 fully saturated rings. The number of aliphatic hydroxyl groups excluding tert-OH is 1. The maximum atomic E-state index is 13.2. The molecule has 174 valence electrons. The number of pyridine rings is 1. The number of aromatic nitrogens is 3. The van der Waals surface area contributed by atoms with Gasteiger partial charge >= 0.3 is 0 Å². The van der Waals surface area contributed by atoms with Gasteiger partial charge in [-0.05, 0) is 36.8 Å². The van der Waals surface area contributed by atoms with Crippen LogP contribution in [0, 0.1) is 0 Å². The smallest absolute Gasteiger partial charge is 0.274 e. The molecule has 1 saturated heterocycles. The highest BCUT2D eigenvalue weighted by molar-refractivity contribution is 6.06. The topological polar surface area (TPSA) is 108 Å². The number of carbonyl (C=O) groups is 1. The summed E-state index contributed by atoms with van der Waals surface area (Å²) in [5.41, 5.74) is 4.62. The number of amides is 1. The number of anilines is 4. The number of hydrogen-bond donors (Lipinski definition) is 3. The highest BCUT2D eigenvalue weighted by Gasteiger charge is 2.25. The van der Waals surface area contributed by atoms with E-state index in [1.54, 1.807) is 36.0 Å². The van der Waals surface area contributed by atoms with Gasteiger partial charge in [-0.2, -0.15) is 5.10 Å². The second-order valence-electron chi connectivity index (χ2n) is 7.94. The van der Waals surface area contributed by atoms with Crippen molar-refractivity contribution in [3.8, 4) is 11.4 Å². The van der Waals surface area contributed by atoms with Crippen molar-refractivity contribution in [1.82, 2.24) is 14.8 Å². The molecule has 10 heteroatoms. The Balaban J connectivity index is 1.69. The molecule has 3 aromatic rings. The maximum Gasteiger partial charge on any atom is 0.274 e. The summed E-state index contributed by atoms with van der Waals surface area (Å²) in [5.74, 6) is -0.336. The number of carbonyl (C=O) groups excluding carboxylic acids is 1. The summed E-state index contributed by atoms with van der Waals surface area (Å²) in [6.45, 7) is 1.19. The minimum Gasteiger partial charge on any atom is -0.391 e. The molecule has 4 rings (SSSR count). The molecule has 10 nitrogen and oxygen atoms in total. The standard InChI is InChI=1S/C23H29N7O3/c1-24-19-12-22(30-11-8-15(31)14-30)20(13-21(19)29(3)33-4)26-23(32)18-7-5-6-16(25-18)17-9-10-28(2)27-17/h5-7,9-10,12-13,15,24,31H,8,11,14H2,1-4H3,(H,26,32)/t15-/m1/s1. The first-order valence-corrected chi connectivity index (χ1v) is 10.7. The van der Waals surface area contributed by atoms with Crippen LogP contribution in [0.25, 0.3) is 11.4 Å². The second-order valence-corrected chi connectivity index (χ2v) is 7.94. The van der Waals surface area contributed by atoms with Gasteiger partial charge in [-0.15, -0.1) is 0 Å². The third kappa shape index (κ3) is 4.76. The number of aliphatic hydroxyl groups is 1. The summed E-state index contributed by atoms with van der Waals surface area (Å²) in [5, 5.41) is 22.2. The molecular weight excluding hydrogens is 422 g/mol. The monoisotopic (exact) mass is 451 g/mol. The Bertz CT molecular complexity index is 1150. The van der Waals surface area contributed by atoms with Gasteiger partial charge in [0, 0.05) is 40.4 Å². The van der Waals surface area contributed by atoms with Crippen molar-refractivity contribution in [2.75, 3.05) is 54.9 Å². The predicted molar refractivity (Wildman–Crippen MR) is 129 cm³/mol.